The fraction of sp³-hybridized carbons (Fsp3) is 0.562. The summed E-state index contributed by atoms with van der Waals surface area (Å²) in [6, 6.07) is 9.20. The zero-order valence-electron chi connectivity index (χ0n) is 13.4. The lowest BCUT2D eigenvalue weighted by atomic mass is 9.97. The summed E-state index contributed by atoms with van der Waals surface area (Å²) in [5.74, 6) is 0. The predicted molar refractivity (Wildman–Crippen MR) is 85.7 cm³/mol. The molecule has 0 aliphatic carbocycles. The molecule has 0 bridgehead atoms. The summed E-state index contributed by atoms with van der Waals surface area (Å²) in [6.07, 6.45) is 0.748. The summed E-state index contributed by atoms with van der Waals surface area (Å²) in [4.78, 5) is 14.7. The van der Waals surface area contributed by atoms with Crippen molar-refractivity contribution in [3.8, 4) is 0 Å². The van der Waals surface area contributed by atoms with E-state index in [2.05, 4.69) is 15.3 Å². The second kappa shape index (κ2) is 8.41. The molecule has 1 fully saturated rings. The van der Waals surface area contributed by atoms with Crippen molar-refractivity contribution in [2.24, 2.45) is 5.11 Å². The van der Waals surface area contributed by atoms with E-state index < -0.39 is 6.09 Å². The van der Waals surface area contributed by atoms with E-state index >= 15 is 0 Å². The van der Waals surface area contributed by atoms with Crippen LogP contribution >= 0.6 is 0 Å². The number of amides is 1. The molecule has 0 aromatic heterocycles. The Morgan fingerprint density at radius 3 is 2.87 bits per heavy atom. The summed E-state index contributed by atoms with van der Waals surface area (Å²) in [6.45, 7) is 4.00. The molecule has 1 aliphatic rings. The number of nitrogens with one attached hydrogen (secondary N) is 1. The number of hydrogen-bond acceptors (Lipinski definition) is 4. The Morgan fingerprint density at radius 2 is 2.22 bits per heavy atom. The molecule has 7 heteroatoms. The third-order valence-corrected chi connectivity index (χ3v) is 3.99. The van der Waals surface area contributed by atoms with Gasteiger partial charge in [0.2, 0.25) is 0 Å². The number of azide groups is 1. The average Bonchev–Trinajstić information content (AvgIpc) is 2.56. The molecule has 1 saturated heterocycles. The Kier molecular flexibility index (Phi) is 6.26. The van der Waals surface area contributed by atoms with E-state index in [1.54, 1.807) is 0 Å². The van der Waals surface area contributed by atoms with Gasteiger partial charge in [-0.3, -0.25) is 0 Å². The van der Waals surface area contributed by atoms with Crippen LogP contribution in [0.2, 0.25) is 0 Å². The molecule has 7 nitrogen and oxygen atoms in total. The molecule has 1 amide bonds. The van der Waals surface area contributed by atoms with Crippen molar-refractivity contribution in [3.05, 3.63) is 46.3 Å². The normalized spacial score (nSPS) is 25.0. The lowest BCUT2D eigenvalue weighted by Gasteiger charge is -2.35. The van der Waals surface area contributed by atoms with E-state index in [1.165, 1.54) is 0 Å². The van der Waals surface area contributed by atoms with Crippen LogP contribution in [-0.4, -0.2) is 30.4 Å². The van der Waals surface area contributed by atoms with Crippen molar-refractivity contribution < 1.29 is 14.3 Å². The van der Waals surface area contributed by atoms with Crippen molar-refractivity contribution in [1.29, 1.82) is 0 Å². The maximum atomic E-state index is 11.9. The number of carbonyl (C=O) groups is 1. The Hall–Kier alpha value is -2.24. The maximum absolute atomic E-state index is 11.9. The Labute approximate surface area is 135 Å². The van der Waals surface area contributed by atoms with Gasteiger partial charge < -0.3 is 14.8 Å². The molecule has 1 N–H and O–H groups in total. The van der Waals surface area contributed by atoms with E-state index in [0.717, 1.165) is 18.4 Å². The maximum Gasteiger partial charge on any atom is 0.407 e. The van der Waals surface area contributed by atoms with Gasteiger partial charge in [-0.1, -0.05) is 35.4 Å². The highest BCUT2D eigenvalue weighted by atomic mass is 16.5. The van der Waals surface area contributed by atoms with Gasteiger partial charge in [0, 0.05) is 4.91 Å². The zero-order valence-corrected chi connectivity index (χ0v) is 13.4. The molecule has 1 aliphatic heterocycles. The molecule has 4 unspecified atom stereocenters. The number of rotatable bonds is 5. The minimum atomic E-state index is -0.463. The molecule has 124 valence electrons. The Morgan fingerprint density at radius 1 is 1.48 bits per heavy atom. The van der Waals surface area contributed by atoms with Crippen molar-refractivity contribution in [2.75, 3.05) is 0 Å². The molecular formula is C16H22N4O3. The third kappa shape index (κ3) is 5.16. The quantitative estimate of drug-likeness (QED) is 0.511. The van der Waals surface area contributed by atoms with Gasteiger partial charge in [-0.15, -0.1) is 0 Å². The molecule has 0 radical (unpaired) electrons. The van der Waals surface area contributed by atoms with E-state index in [-0.39, 0.29) is 30.9 Å². The Bertz CT molecular complexity index is 560. The average molecular weight is 318 g/mol. The highest BCUT2D eigenvalue weighted by molar-refractivity contribution is 5.67. The van der Waals surface area contributed by atoms with Crippen LogP contribution in [0.3, 0.4) is 0 Å². The van der Waals surface area contributed by atoms with E-state index in [9.17, 15) is 4.79 Å². The van der Waals surface area contributed by atoms with Gasteiger partial charge in [-0.05, 0) is 37.8 Å². The van der Waals surface area contributed by atoms with Gasteiger partial charge in [0.05, 0.1) is 24.3 Å². The van der Waals surface area contributed by atoms with Crippen molar-refractivity contribution in [3.63, 3.8) is 0 Å². The topological polar surface area (TPSA) is 96.3 Å². The monoisotopic (exact) mass is 318 g/mol. The van der Waals surface area contributed by atoms with Crippen LogP contribution in [0.1, 0.15) is 32.3 Å². The second-order valence-corrected chi connectivity index (χ2v) is 5.72. The van der Waals surface area contributed by atoms with Gasteiger partial charge in [-0.2, -0.15) is 0 Å². The van der Waals surface area contributed by atoms with Crippen LogP contribution in [-0.2, 0) is 16.1 Å². The Balaban J connectivity index is 1.76. The molecule has 1 aromatic carbocycles. The lowest BCUT2D eigenvalue weighted by Crippen LogP contribution is -2.48. The number of alkyl carbamates (subject to hydrolysis) is 1. The summed E-state index contributed by atoms with van der Waals surface area (Å²) in [5.41, 5.74) is 9.45. The van der Waals surface area contributed by atoms with Gasteiger partial charge >= 0.3 is 6.09 Å². The van der Waals surface area contributed by atoms with Gasteiger partial charge in [-0.25, -0.2) is 4.79 Å². The van der Waals surface area contributed by atoms with Crippen LogP contribution in [0, 0.1) is 0 Å². The fourth-order valence-corrected chi connectivity index (χ4v) is 2.63. The minimum absolute atomic E-state index is 0.112. The molecule has 0 saturated carbocycles. The van der Waals surface area contributed by atoms with E-state index in [4.69, 9.17) is 15.0 Å². The smallest absolute Gasteiger partial charge is 0.407 e. The largest absolute Gasteiger partial charge is 0.445 e. The molecule has 1 heterocycles. The van der Waals surface area contributed by atoms with Crippen LogP contribution < -0.4 is 5.32 Å². The molecule has 23 heavy (non-hydrogen) atoms. The highest BCUT2D eigenvalue weighted by Crippen LogP contribution is 2.24. The first-order chi connectivity index (χ1) is 11.1. The first-order valence-electron chi connectivity index (χ1n) is 7.77. The first-order valence-corrected chi connectivity index (χ1v) is 7.77. The summed E-state index contributed by atoms with van der Waals surface area (Å²) < 4.78 is 11.0. The highest BCUT2D eigenvalue weighted by Gasteiger charge is 2.31. The van der Waals surface area contributed by atoms with Crippen molar-refractivity contribution in [1.82, 2.24) is 5.32 Å². The van der Waals surface area contributed by atoms with Crippen LogP contribution in [0.4, 0.5) is 4.79 Å². The summed E-state index contributed by atoms with van der Waals surface area (Å²) in [7, 11) is 0. The first kappa shape index (κ1) is 17.1. The minimum Gasteiger partial charge on any atom is -0.445 e. The summed E-state index contributed by atoms with van der Waals surface area (Å²) >= 11 is 0. The van der Waals surface area contributed by atoms with Crippen LogP contribution in [0.5, 0.6) is 0 Å². The van der Waals surface area contributed by atoms with Crippen molar-refractivity contribution >= 4 is 6.09 Å². The van der Waals surface area contributed by atoms with Crippen LogP contribution in [0.15, 0.2) is 35.4 Å². The standard InChI is InChI=1S/C16H22N4O3/c1-11(15-9-8-14(19-20-17)12(2)23-15)18-16(21)22-10-13-6-4-3-5-7-13/h3-7,11-12,14-15H,8-10H2,1-2H3,(H,18,21). The third-order valence-electron chi connectivity index (χ3n) is 3.99. The lowest BCUT2D eigenvalue weighted by molar-refractivity contribution is -0.0641. The molecule has 0 spiro atoms. The van der Waals surface area contributed by atoms with Gasteiger partial charge in [0.25, 0.3) is 0 Å². The van der Waals surface area contributed by atoms with Gasteiger partial charge in [0.15, 0.2) is 0 Å². The zero-order chi connectivity index (χ0) is 16.7. The fourth-order valence-electron chi connectivity index (χ4n) is 2.63. The molecule has 2 rings (SSSR count). The van der Waals surface area contributed by atoms with Crippen LogP contribution in [0.25, 0.3) is 10.4 Å². The van der Waals surface area contributed by atoms with E-state index in [0.29, 0.717) is 0 Å². The number of benzene rings is 1. The van der Waals surface area contributed by atoms with Crippen molar-refractivity contribution in [2.45, 2.75) is 57.6 Å². The van der Waals surface area contributed by atoms with E-state index in [1.807, 2.05) is 44.2 Å². The number of hydrogen-bond donors (Lipinski definition) is 1. The SMILES string of the molecule is CC(NC(=O)OCc1ccccc1)C1CCC(N=[N+]=[N-])C(C)O1. The van der Waals surface area contributed by atoms with Gasteiger partial charge in [0.1, 0.15) is 6.61 Å². The molecular weight excluding hydrogens is 296 g/mol. The number of carbonyl (C=O) groups excluding carboxylic acids is 1. The predicted octanol–water partition coefficient (Wildman–Crippen LogP) is 3.55. The summed E-state index contributed by atoms with van der Waals surface area (Å²) in [5, 5.41) is 6.52. The molecule has 1 aromatic rings. The number of ether oxygens (including phenoxy) is 2. The second-order valence-electron chi connectivity index (χ2n) is 5.72. The number of nitrogens with zero attached hydrogens (tertiary/aromatic N) is 3. The molecule has 4 atom stereocenters.